The van der Waals surface area contributed by atoms with Crippen molar-refractivity contribution < 1.29 is 0 Å². The minimum Gasteiger partial charge on any atom is -0.356 e. The molecule has 2 saturated heterocycles. The highest BCUT2D eigenvalue weighted by Crippen LogP contribution is 2.34. The Morgan fingerprint density at radius 1 is 0.885 bits per heavy atom. The van der Waals surface area contributed by atoms with Crippen LogP contribution in [0.4, 0.5) is 11.8 Å². The third-order valence-corrected chi connectivity index (χ3v) is 5.58. The van der Waals surface area contributed by atoms with Crippen LogP contribution in [0.3, 0.4) is 0 Å². The van der Waals surface area contributed by atoms with E-state index >= 15 is 0 Å². The van der Waals surface area contributed by atoms with E-state index in [2.05, 4.69) is 38.5 Å². The van der Waals surface area contributed by atoms with Crippen LogP contribution in [-0.2, 0) is 7.05 Å². The standard InChI is InChI=1S/C20H24N6/c1-24-17(16-8-2-3-9-21-16)14-15-18(24)22-20(26-12-6-7-13-26)23-19(15)25-10-4-5-11-25/h2-3,8-9,14H,4-7,10-13H2,1H3. The average molecular weight is 348 g/mol. The number of hydrogen-bond donors (Lipinski definition) is 0. The predicted molar refractivity (Wildman–Crippen MR) is 105 cm³/mol. The third kappa shape index (κ3) is 2.52. The highest BCUT2D eigenvalue weighted by Gasteiger charge is 2.24. The van der Waals surface area contributed by atoms with Gasteiger partial charge in [0.2, 0.25) is 5.95 Å². The maximum absolute atomic E-state index is 5.02. The summed E-state index contributed by atoms with van der Waals surface area (Å²) < 4.78 is 2.17. The summed E-state index contributed by atoms with van der Waals surface area (Å²) in [5, 5.41) is 1.14. The molecule has 0 N–H and O–H groups in total. The van der Waals surface area contributed by atoms with Crippen molar-refractivity contribution in [3.8, 4) is 11.4 Å². The van der Waals surface area contributed by atoms with Gasteiger partial charge in [0, 0.05) is 39.4 Å². The molecule has 0 amide bonds. The lowest BCUT2D eigenvalue weighted by molar-refractivity contribution is 0.869. The zero-order chi connectivity index (χ0) is 17.5. The monoisotopic (exact) mass is 348 g/mol. The van der Waals surface area contributed by atoms with Gasteiger partial charge in [0.05, 0.1) is 16.8 Å². The first-order chi connectivity index (χ1) is 12.8. The van der Waals surface area contributed by atoms with Crippen molar-refractivity contribution in [2.45, 2.75) is 25.7 Å². The molecule has 134 valence electrons. The van der Waals surface area contributed by atoms with Crippen molar-refractivity contribution in [2.24, 2.45) is 7.05 Å². The first kappa shape index (κ1) is 15.6. The summed E-state index contributed by atoms with van der Waals surface area (Å²) >= 11 is 0. The minimum atomic E-state index is 0.880. The number of aryl methyl sites for hydroxylation is 1. The van der Waals surface area contributed by atoms with Gasteiger partial charge in [-0.1, -0.05) is 6.07 Å². The maximum atomic E-state index is 5.02. The SMILES string of the molecule is Cn1c(-c2ccccn2)cc2c(N3CCCC3)nc(N3CCCC3)nc21. The van der Waals surface area contributed by atoms with E-state index in [0.29, 0.717) is 0 Å². The second-order valence-electron chi connectivity index (χ2n) is 7.28. The summed E-state index contributed by atoms with van der Waals surface area (Å²) in [4.78, 5) is 19.3. The molecule has 3 aromatic rings. The van der Waals surface area contributed by atoms with Gasteiger partial charge in [0.25, 0.3) is 0 Å². The minimum absolute atomic E-state index is 0.880. The fourth-order valence-corrected chi connectivity index (χ4v) is 4.16. The van der Waals surface area contributed by atoms with Crippen molar-refractivity contribution in [3.05, 3.63) is 30.5 Å². The van der Waals surface area contributed by atoms with Crippen LogP contribution >= 0.6 is 0 Å². The Morgan fingerprint density at radius 3 is 2.31 bits per heavy atom. The number of fused-ring (bicyclic) bond motifs is 1. The maximum Gasteiger partial charge on any atom is 0.229 e. The Labute approximate surface area is 153 Å². The van der Waals surface area contributed by atoms with Gasteiger partial charge in [-0.15, -0.1) is 0 Å². The molecule has 0 aliphatic carbocycles. The molecule has 0 saturated carbocycles. The Balaban J connectivity index is 1.71. The molecule has 2 fully saturated rings. The third-order valence-electron chi connectivity index (χ3n) is 5.58. The molecule has 0 aromatic carbocycles. The van der Waals surface area contributed by atoms with Gasteiger partial charge in [-0.3, -0.25) is 4.98 Å². The Morgan fingerprint density at radius 2 is 1.62 bits per heavy atom. The lowest BCUT2D eigenvalue weighted by Gasteiger charge is -2.21. The highest BCUT2D eigenvalue weighted by molar-refractivity contribution is 5.93. The Bertz CT molecular complexity index is 920. The van der Waals surface area contributed by atoms with Crippen molar-refractivity contribution in [1.82, 2.24) is 19.5 Å². The molecule has 2 aliphatic heterocycles. The Kier molecular flexibility index (Phi) is 3.76. The van der Waals surface area contributed by atoms with Crippen molar-refractivity contribution in [1.29, 1.82) is 0 Å². The number of pyridine rings is 1. The molecule has 5 rings (SSSR count). The Hall–Kier alpha value is -2.63. The molecule has 5 heterocycles. The summed E-state index contributed by atoms with van der Waals surface area (Å²) in [5.41, 5.74) is 3.07. The number of nitrogens with zero attached hydrogens (tertiary/aromatic N) is 6. The molecule has 2 aliphatic rings. The molecule has 0 unspecified atom stereocenters. The smallest absolute Gasteiger partial charge is 0.229 e. The van der Waals surface area contributed by atoms with E-state index in [-0.39, 0.29) is 0 Å². The number of anilines is 2. The van der Waals surface area contributed by atoms with E-state index in [1.165, 1.54) is 25.7 Å². The molecule has 0 spiro atoms. The van der Waals surface area contributed by atoms with E-state index in [9.17, 15) is 0 Å². The van der Waals surface area contributed by atoms with Gasteiger partial charge in [-0.25, -0.2) is 0 Å². The molecule has 3 aromatic heterocycles. The van der Waals surface area contributed by atoms with Crippen LogP contribution < -0.4 is 9.80 Å². The summed E-state index contributed by atoms with van der Waals surface area (Å²) in [7, 11) is 2.08. The van der Waals surface area contributed by atoms with Gasteiger partial charge in [-0.2, -0.15) is 9.97 Å². The van der Waals surface area contributed by atoms with Crippen LogP contribution in [-0.4, -0.2) is 45.7 Å². The molecular weight excluding hydrogens is 324 g/mol. The highest BCUT2D eigenvalue weighted by atomic mass is 15.3. The van der Waals surface area contributed by atoms with Crippen molar-refractivity contribution >= 4 is 22.8 Å². The lowest BCUT2D eigenvalue weighted by atomic mass is 10.2. The van der Waals surface area contributed by atoms with Crippen molar-refractivity contribution in [3.63, 3.8) is 0 Å². The van der Waals surface area contributed by atoms with Crippen LogP contribution in [0, 0.1) is 0 Å². The van der Waals surface area contributed by atoms with E-state index in [1.807, 2.05) is 18.3 Å². The molecule has 6 nitrogen and oxygen atoms in total. The van der Waals surface area contributed by atoms with Gasteiger partial charge >= 0.3 is 0 Å². The van der Waals surface area contributed by atoms with Gasteiger partial charge in [0.1, 0.15) is 11.5 Å². The fourth-order valence-electron chi connectivity index (χ4n) is 4.16. The van der Waals surface area contributed by atoms with Crippen LogP contribution in [0.25, 0.3) is 22.4 Å². The normalized spacial score (nSPS) is 17.6. The average Bonchev–Trinajstić information content (AvgIpc) is 3.44. The second-order valence-corrected chi connectivity index (χ2v) is 7.28. The number of hydrogen-bond acceptors (Lipinski definition) is 5. The summed E-state index contributed by atoms with van der Waals surface area (Å²) in [6, 6.07) is 8.24. The predicted octanol–water partition coefficient (Wildman–Crippen LogP) is 3.23. The van der Waals surface area contributed by atoms with Crippen LogP contribution in [0.1, 0.15) is 25.7 Å². The molecular formula is C20H24N6. The first-order valence-electron chi connectivity index (χ1n) is 9.60. The summed E-state index contributed by atoms with van der Waals surface area (Å²) in [5.74, 6) is 1.97. The topological polar surface area (TPSA) is 50.1 Å². The van der Waals surface area contributed by atoms with E-state index in [4.69, 9.17) is 9.97 Å². The lowest BCUT2D eigenvalue weighted by Crippen LogP contribution is -2.24. The summed E-state index contributed by atoms with van der Waals surface area (Å²) in [6.07, 6.45) is 6.78. The largest absolute Gasteiger partial charge is 0.356 e. The van der Waals surface area contributed by atoms with Crippen LogP contribution in [0.5, 0.6) is 0 Å². The number of rotatable bonds is 3. The quantitative estimate of drug-likeness (QED) is 0.727. The van der Waals surface area contributed by atoms with Gasteiger partial charge < -0.3 is 14.4 Å². The van der Waals surface area contributed by atoms with Gasteiger partial charge in [-0.05, 0) is 43.9 Å². The molecule has 26 heavy (non-hydrogen) atoms. The second kappa shape index (κ2) is 6.27. The molecule has 0 atom stereocenters. The van der Waals surface area contributed by atoms with E-state index in [0.717, 1.165) is 60.4 Å². The zero-order valence-corrected chi connectivity index (χ0v) is 15.2. The first-order valence-corrected chi connectivity index (χ1v) is 9.60. The molecule has 0 radical (unpaired) electrons. The van der Waals surface area contributed by atoms with Gasteiger partial charge in [0.15, 0.2) is 0 Å². The van der Waals surface area contributed by atoms with E-state index in [1.54, 1.807) is 0 Å². The van der Waals surface area contributed by atoms with Crippen LogP contribution in [0.2, 0.25) is 0 Å². The molecule has 6 heteroatoms. The number of aromatic nitrogens is 4. The molecule has 0 bridgehead atoms. The van der Waals surface area contributed by atoms with E-state index < -0.39 is 0 Å². The summed E-state index contributed by atoms with van der Waals surface area (Å²) in [6.45, 7) is 4.28. The van der Waals surface area contributed by atoms with Crippen molar-refractivity contribution in [2.75, 3.05) is 36.0 Å². The zero-order valence-electron chi connectivity index (χ0n) is 15.2. The fraction of sp³-hybridized carbons (Fsp3) is 0.450. The van der Waals surface area contributed by atoms with Crippen LogP contribution in [0.15, 0.2) is 30.5 Å².